The van der Waals surface area contributed by atoms with E-state index in [4.69, 9.17) is 15.2 Å². The summed E-state index contributed by atoms with van der Waals surface area (Å²) in [6.07, 6.45) is 0. The summed E-state index contributed by atoms with van der Waals surface area (Å²) in [5.41, 5.74) is 7.57. The monoisotopic (exact) mass is 335 g/mol. The minimum Gasteiger partial charge on any atom is -0.497 e. The van der Waals surface area contributed by atoms with E-state index in [-0.39, 0.29) is 6.61 Å². The summed E-state index contributed by atoms with van der Waals surface area (Å²) in [4.78, 5) is 11.9. The van der Waals surface area contributed by atoms with Crippen molar-refractivity contribution in [3.05, 3.63) is 58.1 Å². The van der Waals surface area contributed by atoms with Gasteiger partial charge in [0, 0.05) is 10.2 Å². The van der Waals surface area contributed by atoms with Gasteiger partial charge in [-0.2, -0.15) is 0 Å². The number of anilines is 1. The highest BCUT2D eigenvalue weighted by Crippen LogP contribution is 2.21. The van der Waals surface area contributed by atoms with Crippen molar-refractivity contribution in [2.75, 3.05) is 12.8 Å². The fraction of sp³-hybridized carbons (Fsp3) is 0.133. The van der Waals surface area contributed by atoms with Gasteiger partial charge in [-0.3, -0.25) is 0 Å². The summed E-state index contributed by atoms with van der Waals surface area (Å²) in [5.74, 6) is 0.335. The van der Waals surface area contributed by atoms with Crippen LogP contribution in [0.15, 0.2) is 46.9 Å². The third-order valence-corrected chi connectivity index (χ3v) is 3.43. The van der Waals surface area contributed by atoms with Crippen molar-refractivity contribution in [1.29, 1.82) is 0 Å². The Balaban J connectivity index is 2.02. The normalized spacial score (nSPS) is 10.1. The van der Waals surface area contributed by atoms with Crippen LogP contribution >= 0.6 is 15.9 Å². The minimum absolute atomic E-state index is 0.192. The largest absolute Gasteiger partial charge is 0.497 e. The molecule has 2 aromatic rings. The van der Waals surface area contributed by atoms with Crippen molar-refractivity contribution in [1.82, 2.24) is 0 Å². The Morgan fingerprint density at radius 2 is 2.05 bits per heavy atom. The first-order valence-corrected chi connectivity index (χ1v) is 6.74. The predicted molar refractivity (Wildman–Crippen MR) is 80.7 cm³/mol. The topological polar surface area (TPSA) is 61.5 Å². The van der Waals surface area contributed by atoms with Gasteiger partial charge in [0.05, 0.1) is 12.7 Å². The number of benzene rings is 2. The Morgan fingerprint density at radius 1 is 1.25 bits per heavy atom. The molecule has 0 aliphatic carbocycles. The first-order valence-electron chi connectivity index (χ1n) is 5.95. The molecule has 0 saturated carbocycles. The lowest BCUT2D eigenvalue weighted by Crippen LogP contribution is -2.05. The number of hydrogen-bond acceptors (Lipinski definition) is 4. The molecular formula is C15H14BrNO3. The van der Waals surface area contributed by atoms with Gasteiger partial charge in [0.15, 0.2) is 0 Å². The Morgan fingerprint density at radius 3 is 2.75 bits per heavy atom. The van der Waals surface area contributed by atoms with E-state index in [0.717, 1.165) is 11.3 Å². The van der Waals surface area contributed by atoms with E-state index in [1.54, 1.807) is 25.3 Å². The van der Waals surface area contributed by atoms with Crippen LogP contribution in [-0.4, -0.2) is 13.1 Å². The second kappa shape index (κ2) is 6.43. The number of nitrogens with two attached hydrogens (primary N) is 1. The van der Waals surface area contributed by atoms with Crippen LogP contribution in [0, 0.1) is 0 Å². The molecule has 2 aromatic carbocycles. The quantitative estimate of drug-likeness (QED) is 0.687. The highest BCUT2D eigenvalue weighted by molar-refractivity contribution is 9.10. The van der Waals surface area contributed by atoms with E-state index in [1.807, 2.05) is 24.3 Å². The first kappa shape index (κ1) is 14.4. The molecule has 20 heavy (non-hydrogen) atoms. The van der Waals surface area contributed by atoms with Gasteiger partial charge >= 0.3 is 5.97 Å². The summed E-state index contributed by atoms with van der Waals surface area (Å²) in [5, 5.41) is 0. The maximum absolute atomic E-state index is 11.9. The fourth-order valence-corrected chi connectivity index (χ4v) is 2.03. The number of rotatable bonds is 4. The molecule has 0 aliphatic rings. The Bertz CT molecular complexity index is 628. The van der Waals surface area contributed by atoms with Gasteiger partial charge in [0.1, 0.15) is 12.4 Å². The molecule has 5 heteroatoms. The third-order valence-electron chi connectivity index (χ3n) is 2.74. The van der Waals surface area contributed by atoms with Crippen molar-refractivity contribution in [2.45, 2.75) is 6.61 Å². The zero-order chi connectivity index (χ0) is 14.5. The molecule has 0 heterocycles. The van der Waals surface area contributed by atoms with E-state index in [2.05, 4.69) is 15.9 Å². The maximum Gasteiger partial charge on any atom is 0.338 e. The molecule has 0 atom stereocenters. The summed E-state index contributed by atoms with van der Waals surface area (Å²) in [6, 6.07) is 12.3. The Kier molecular flexibility index (Phi) is 4.63. The van der Waals surface area contributed by atoms with Gasteiger partial charge < -0.3 is 15.2 Å². The summed E-state index contributed by atoms with van der Waals surface area (Å²) in [7, 11) is 1.59. The molecule has 0 spiro atoms. The van der Waals surface area contributed by atoms with E-state index >= 15 is 0 Å². The molecule has 4 nitrogen and oxygen atoms in total. The number of carbonyl (C=O) groups excluding carboxylic acids is 1. The fourth-order valence-electron chi connectivity index (χ4n) is 1.65. The van der Waals surface area contributed by atoms with Crippen molar-refractivity contribution < 1.29 is 14.3 Å². The molecule has 2 N–H and O–H groups in total. The van der Waals surface area contributed by atoms with Crippen LogP contribution in [0.25, 0.3) is 0 Å². The van der Waals surface area contributed by atoms with E-state index in [0.29, 0.717) is 15.7 Å². The summed E-state index contributed by atoms with van der Waals surface area (Å²) >= 11 is 3.28. The second-order valence-corrected chi connectivity index (χ2v) is 5.02. The second-order valence-electron chi connectivity index (χ2n) is 4.16. The molecule has 0 unspecified atom stereocenters. The first-order chi connectivity index (χ1) is 9.60. The van der Waals surface area contributed by atoms with Crippen molar-refractivity contribution in [3.8, 4) is 5.75 Å². The lowest BCUT2D eigenvalue weighted by Gasteiger charge is -2.07. The average molecular weight is 336 g/mol. The predicted octanol–water partition coefficient (Wildman–Crippen LogP) is 3.40. The molecule has 104 valence electrons. The lowest BCUT2D eigenvalue weighted by molar-refractivity contribution is 0.0472. The number of esters is 1. The van der Waals surface area contributed by atoms with Crippen LogP contribution in [0.5, 0.6) is 5.75 Å². The van der Waals surface area contributed by atoms with Gasteiger partial charge in [-0.05, 0) is 51.8 Å². The average Bonchev–Trinajstić information content (AvgIpc) is 2.47. The zero-order valence-electron chi connectivity index (χ0n) is 10.9. The molecule has 0 fully saturated rings. The van der Waals surface area contributed by atoms with Gasteiger partial charge in [-0.25, -0.2) is 4.79 Å². The Hall–Kier alpha value is -2.01. The molecular weight excluding hydrogens is 322 g/mol. The van der Waals surface area contributed by atoms with Crippen LogP contribution in [0.1, 0.15) is 15.9 Å². The molecule has 2 rings (SSSR count). The molecule has 0 saturated heterocycles. The molecule has 0 radical (unpaired) electrons. The van der Waals surface area contributed by atoms with Crippen LogP contribution in [-0.2, 0) is 11.3 Å². The van der Waals surface area contributed by atoms with E-state index in [9.17, 15) is 4.79 Å². The summed E-state index contributed by atoms with van der Waals surface area (Å²) < 4.78 is 11.0. The van der Waals surface area contributed by atoms with Crippen molar-refractivity contribution >= 4 is 27.6 Å². The number of halogens is 1. The van der Waals surface area contributed by atoms with Crippen LogP contribution in [0.4, 0.5) is 5.69 Å². The van der Waals surface area contributed by atoms with E-state index < -0.39 is 5.97 Å². The highest BCUT2D eigenvalue weighted by atomic mass is 79.9. The van der Waals surface area contributed by atoms with Crippen molar-refractivity contribution in [3.63, 3.8) is 0 Å². The highest BCUT2D eigenvalue weighted by Gasteiger charge is 2.09. The van der Waals surface area contributed by atoms with Gasteiger partial charge in [0.2, 0.25) is 0 Å². The van der Waals surface area contributed by atoms with Gasteiger partial charge in [0.25, 0.3) is 0 Å². The standard InChI is InChI=1S/C15H14BrNO3/c1-19-12-4-2-3-10(7-12)9-20-15(18)11-5-6-14(17)13(16)8-11/h2-8H,9,17H2,1H3. The third kappa shape index (κ3) is 3.51. The molecule has 0 amide bonds. The number of nitrogen functional groups attached to an aromatic ring is 1. The maximum atomic E-state index is 11.9. The molecule has 0 aromatic heterocycles. The minimum atomic E-state index is -0.395. The SMILES string of the molecule is COc1cccc(COC(=O)c2ccc(N)c(Br)c2)c1. The Labute approximate surface area is 125 Å². The van der Waals surface area contributed by atoms with Crippen molar-refractivity contribution in [2.24, 2.45) is 0 Å². The van der Waals surface area contributed by atoms with Crippen LogP contribution in [0.3, 0.4) is 0 Å². The number of carbonyl (C=O) groups is 1. The van der Waals surface area contributed by atoms with Crippen LogP contribution in [0.2, 0.25) is 0 Å². The number of methoxy groups -OCH3 is 1. The van der Waals surface area contributed by atoms with E-state index in [1.165, 1.54) is 0 Å². The van der Waals surface area contributed by atoms with Crippen LogP contribution < -0.4 is 10.5 Å². The molecule has 0 aliphatic heterocycles. The zero-order valence-corrected chi connectivity index (χ0v) is 12.5. The number of hydrogen-bond donors (Lipinski definition) is 1. The lowest BCUT2D eigenvalue weighted by atomic mass is 10.2. The molecule has 0 bridgehead atoms. The number of ether oxygens (including phenoxy) is 2. The summed E-state index contributed by atoms with van der Waals surface area (Å²) in [6.45, 7) is 0.192. The van der Waals surface area contributed by atoms with Gasteiger partial charge in [-0.15, -0.1) is 0 Å². The van der Waals surface area contributed by atoms with Gasteiger partial charge in [-0.1, -0.05) is 12.1 Å². The smallest absolute Gasteiger partial charge is 0.338 e.